The first-order chi connectivity index (χ1) is 13.4. The van der Waals surface area contributed by atoms with Crippen molar-refractivity contribution in [3.05, 3.63) is 41.1 Å². The Morgan fingerprint density at radius 3 is 2.71 bits per heavy atom. The van der Waals surface area contributed by atoms with Crippen LogP contribution in [0.3, 0.4) is 0 Å². The largest absolute Gasteiger partial charge is 0.573 e. The van der Waals surface area contributed by atoms with Crippen LogP contribution in [0.15, 0.2) is 24.3 Å². The highest BCUT2D eigenvalue weighted by atomic mass is 19.4. The van der Waals surface area contributed by atoms with Crippen molar-refractivity contribution in [2.75, 3.05) is 29.9 Å². The number of hydrogen-bond donors (Lipinski definition) is 2. The standard InChI is InChI=1S/C19H21F3N4O2/c20-19(21,22)28-15-4-3-12-5-7-26(11-14(12)9-15)17-10-16(13-1-2-13)24-18(25-17)23-6-8-27/h3-4,9-10,13,27H,1-2,5-8,11H2,(H,23,24,25). The van der Waals surface area contributed by atoms with Gasteiger partial charge in [-0.1, -0.05) is 6.07 Å². The third-order valence-electron chi connectivity index (χ3n) is 4.87. The van der Waals surface area contributed by atoms with E-state index in [9.17, 15) is 13.2 Å². The molecule has 6 nitrogen and oxygen atoms in total. The van der Waals surface area contributed by atoms with E-state index < -0.39 is 6.36 Å². The third-order valence-corrected chi connectivity index (χ3v) is 4.87. The molecule has 2 aromatic rings. The van der Waals surface area contributed by atoms with Crippen molar-refractivity contribution in [2.45, 2.75) is 38.1 Å². The number of aliphatic hydroxyl groups excluding tert-OH is 1. The lowest BCUT2D eigenvalue weighted by Crippen LogP contribution is -2.31. The molecular weight excluding hydrogens is 373 g/mol. The number of aliphatic hydroxyl groups is 1. The average Bonchev–Trinajstić information content (AvgIpc) is 3.49. The Hall–Kier alpha value is -2.55. The molecule has 4 rings (SSSR count). The van der Waals surface area contributed by atoms with E-state index in [1.54, 1.807) is 6.07 Å². The van der Waals surface area contributed by atoms with E-state index in [0.717, 1.165) is 35.5 Å². The second-order valence-corrected chi connectivity index (χ2v) is 7.05. The first-order valence-electron chi connectivity index (χ1n) is 9.27. The topological polar surface area (TPSA) is 70.5 Å². The Morgan fingerprint density at radius 2 is 2.00 bits per heavy atom. The smallest absolute Gasteiger partial charge is 0.406 e. The summed E-state index contributed by atoms with van der Waals surface area (Å²) in [6, 6.07) is 6.46. The maximum Gasteiger partial charge on any atom is 0.573 e. The molecule has 0 spiro atoms. The fraction of sp³-hybridized carbons (Fsp3) is 0.474. The van der Waals surface area contributed by atoms with E-state index in [-0.39, 0.29) is 12.4 Å². The van der Waals surface area contributed by atoms with E-state index in [4.69, 9.17) is 5.11 Å². The minimum atomic E-state index is -4.71. The van der Waals surface area contributed by atoms with Gasteiger partial charge in [0.25, 0.3) is 0 Å². The predicted octanol–water partition coefficient (Wildman–Crippen LogP) is 3.22. The van der Waals surface area contributed by atoms with Crippen molar-refractivity contribution < 1.29 is 23.0 Å². The Kier molecular flexibility index (Phi) is 5.01. The Morgan fingerprint density at radius 1 is 1.18 bits per heavy atom. The maximum atomic E-state index is 12.5. The number of anilines is 2. The van der Waals surface area contributed by atoms with Gasteiger partial charge in [0.05, 0.1) is 12.3 Å². The summed E-state index contributed by atoms with van der Waals surface area (Å²) >= 11 is 0. The minimum absolute atomic E-state index is 0.0224. The molecule has 2 N–H and O–H groups in total. The number of nitrogens with one attached hydrogen (secondary N) is 1. The molecule has 0 radical (unpaired) electrons. The zero-order chi connectivity index (χ0) is 19.7. The first kappa shape index (κ1) is 18.8. The van der Waals surface area contributed by atoms with Crippen molar-refractivity contribution in [3.8, 4) is 5.75 Å². The Bertz CT molecular complexity index is 856. The van der Waals surface area contributed by atoms with Crippen LogP contribution in [0.25, 0.3) is 0 Å². The van der Waals surface area contributed by atoms with Gasteiger partial charge in [0, 0.05) is 31.6 Å². The van der Waals surface area contributed by atoms with Crippen LogP contribution in [0.5, 0.6) is 5.75 Å². The van der Waals surface area contributed by atoms with E-state index in [1.165, 1.54) is 12.1 Å². The second-order valence-electron chi connectivity index (χ2n) is 7.05. The van der Waals surface area contributed by atoms with Crippen LogP contribution >= 0.6 is 0 Å². The highest BCUT2D eigenvalue weighted by Crippen LogP contribution is 2.40. The van der Waals surface area contributed by atoms with Gasteiger partial charge in [0.15, 0.2) is 0 Å². The van der Waals surface area contributed by atoms with Crippen LogP contribution in [0, 0.1) is 0 Å². The van der Waals surface area contributed by atoms with Crippen LogP contribution < -0.4 is 15.0 Å². The zero-order valence-electron chi connectivity index (χ0n) is 15.2. The Labute approximate surface area is 160 Å². The molecule has 1 aromatic carbocycles. The van der Waals surface area contributed by atoms with Crippen molar-refractivity contribution in [1.29, 1.82) is 0 Å². The van der Waals surface area contributed by atoms with Gasteiger partial charge in [-0.2, -0.15) is 4.98 Å². The maximum absolute atomic E-state index is 12.5. The van der Waals surface area contributed by atoms with Gasteiger partial charge >= 0.3 is 6.36 Å². The van der Waals surface area contributed by atoms with E-state index in [2.05, 4.69) is 20.0 Å². The summed E-state index contributed by atoms with van der Waals surface area (Å²) in [7, 11) is 0. The number of alkyl halides is 3. The lowest BCUT2D eigenvalue weighted by molar-refractivity contribution is -0.274. The summed E-state index contributed by atoms with van der Waals surface area (Å²) in [6.07, 6.45) is -1.81. The molecule has 2 aliphatic rings. The van der Waals surface area contributed by atoms with Crippen molar-refractivity contribution in [2.24, 2.45) is 0 Å². The summed E-state index contributed by atoms with van der Waals surface area (Å²) in [5, 5.41) is 12.0. The molecular formula is C19H21F3N4O2. The summed E-state index contributed by atoms with van der Waals surface area (Å²) < 4.78 is 41.6. The molecule has 2 heterocycles. The SMILES string of the molecule is OCCNc1nc(C2CC2)cc(N2CCc3ccc(OC(F)(F)F)cc3C2)n1. The average molecular weight is 394 g/mol. The number of rotatable bonds is 6. The fourth-order valence-corrected chi connectivity index (χ4v) is 3.38. The molecule has 9 heteroatoms. The van der Waals surface area contributed by atoms with Crippen LogP contribution in [-0.2, 0) is 13.0 Å². The molecule has 1 fully saturated rings. The fourth-order valence-electron chi connectivity index (χ4n) is 3.38. The summed E-state index contributed by atoms with van der Waals surface area (Å²) in [5.41, 5.74) is 2.77. The van der Waals surface area contributed by atoms with Crippen molar-refractivity contribution in [1.82, 2.24) is 9.97 Å². The molecule has 0 atom stereocenters. The summed E-state index contributed by atoms with van der Waals surface area (Å²) in [5.74, 6) is 1.43. The molecule has 0 saturated heterocycles. The molecule has 0 amide bonds. The molecule has 150 valence electrons. The predicted molar refractivity (Wildman–Crippen MR) is 97.5 cm³/mol. The number of benzene rings is 1. The van der Waals surface area contributed by atoms with Crippen molar-refractivity contribution >= 4 is 11.8 Å². The highest BCUT2D eigenvalue weighted by molar-refractivity contribution is 5.50. The lowest BCUT2D eigenvalue weighted by Gasteiger charge is -2.30. The summed E-state index contributed by atoms with van der Waals surface area (Å²) in [4.78, 5) is 11.1. The molecule has 0 unspecified atom stereocenters. The second kappa shape index (κ2) is 7.46. The quantitative estimate of drug-likeness (QED) is 0.784. The lowest BCUT2D eigenvalue weighted by atomic mass is 9.99. The van der Waals surface area contributed by atoms with Crippen LogP contribution in [0.1, 0.15) is 35.6 Å². The monoisotopic (exact) mass is 394 g/mol. The van der Waals surface area contributed by atoms with Gasteiger partial charge in [-0.05, 0) is 42.5 Å². The molecule has 1 saturated carbocycles. The third kappa shape index (κ3) is 4.46. The first-order valence-corrected chi connectivity index (χ1v) is 9.27. The highest BCUT2D eigenvalue weighted by Gasteiger charge is 2.32. The number of ether oxygens (including phenoxy) is 1. The van der Waals surface area contributed by atoms with Gasteiger partial charge in [0.2, 0.25) is 5.95 Å². The summed E-state index contributed by atoms with van der Waals surface area (Å²) in [6.45, 7) is 1.50. The normalized spacial score (nSPS) is 16.6. The zero-order valence-corrected chi connectivity index (χ0v) is 15.2. The molecule has 1 aliphatic carbocycles. The number of halogens is 3. The van der Waals surface area contributed by atoms with Gasteiger partial charge < -0.3 is 20.1 Å². The van der Waals surface area contributed by atoms with Gasteiger partial charge in [-0.3, -0.25) is 0 Å². The van der Waals surface area contributed by atoms with Crippen LogP contribution in [0.2, 0.25) is 0 Å². The number of aromatic nitrogens is 2. The van der Waals surface area contributed by atoms with E-state index in [0.29, 0.717) is 37.9 Å². The van der Waals surface area contributed by atoms with Crippen LogP contribution in [-0.4, -0.2) is 41.1 Å². The van der Waals surface area contributed by atoms with E-state index >= 15 is 0 Å². The molecule has 0 bridgehead atoms. The van der Waals surface area contributed by atoms with Gasteiger partial charge in [-0.15, -0.1) is 13.2 Å². The van der Waals surface area contributed by atoms with E-state index in [1.807, 2.05) is 11.0 Å². The molecule has 28 heavy (non-hydrogen) atoms. The number of fused-ring (bicyclic) bond motifs is 1. The number of hydrogen-bond acceptors (Lipinski definition) is 6. The van der Waals surface area contributed by atoms with Crippen molar-refractivity contribution in [3.63, 3.8) is 0 Å². The van der Waals surface area contributed by atoms with Gasteiger partial charge in [-0.25, -0.2) is 4.98 Å². The van der Waals surface area contributed by atoms with Gasteiger partial charge in [0.1, 0.15) is 11.6 Å². The molecule has 1 aromatic heterocycles. The molecule has 1 aliphatic heterocycles. The van der Waals surface area contributed by atoms with Crippen LogP contribution in [0.4, 0.5) is 24.9 Å². The Balaban J connectivity index is 1.57. The number of nitrogens with zero attached hydrogens (tertiary/aromatic N) is 3. The minimum Gasteiger partial charge on any atom is -0.406 e.